The van der Waals surface area contributed by atoms with Crippen LogP contribution in [0.1, 0.15) is 10.4 Å². The van der Waals surface area contributed by atoms with Crippen LogP contribution in [0.5, 0.6) is 0 Å². The summed E-state index contributed by atoms with van der Waals surface area (Å²) in [5.41, 5.74) is 1.40. The molecule has 0 saturated carbocycles. The molecule has 2 heterocycles. The summed E-state index contributed by atoms with van der Waals surface area (Å²) in [6, 6.07) is 5.25. The fourth-order valence-corrected chi connectivity index (χ4v) is 2.19. The Bertz CT molecular complexity index is 585. The number of fused-ring (bicyclic) bond motifs is 1. The zero-order chi connectivity index (χ0) is 12.7. The highest BCUT2D eigenvalue weighted by molar-refractivity contribution is 5.98. The number of aromatic nitrogens is 2. The number of benzene rings is 1. The molecule has 0 radical (unpaired) electrons. The number of β-amino-alcohol motifs (C(OH)–C–C–N with tert-alkyl or cyclic N) is 2. The van der Waals surface area contributed by atoms with Crippen molar-refractivity contribution in [2.75, 3.05) is 13.1 Å². The maximum absolute atomic E-state index is 12.2. The molecule has 1 amide bonds. The minimum atomic E-state index is -0.855. The fourth-order valence-electron chi connectivity index (χ4n) is 2.19. The number of carbonyl (C=O) groups excluding carboxylic acids is 1. The molecule has 3 N–H and O–H groups in total. The molecule has 1 fully saturated rings. The molecule has 1 aromatic heterocycles. The van der Waals surface area contributed by atoms with Crippen LogP contribution in [0.3, 0.4) is 0 Å². The number of hydrogen-bond acceptors (Lipinski definition) is 4. The number of aliphatic hydroxyl groups is 2. The highest BCUT2D eigenvalue weighted by atomic mass is 16.3. The van der Waals surface area contributed by atoms with Crippen molar-refractivity contribution in [3.8, 4) is 0 Å². The second kappa shape index (κ2) is 4.08. The van der Waals surface area contributed by atoms with Crippen LogP contribution in [-0.4, -0.2) is 56.5 Å². The molecular formula is C12H13N3O3. The lowest BCUT2D eigenvalue weighted by atomic mass is 10.1. The summed E-state index contributed by atoms with van der Waals surface area (Å²) in [5.74, 6) is -0.186. The van der Waals surface area contributed by atoms with E-state index in [0.29, 0.717) is 5.56 Å². The first-order chi connectivity index (χ1) is 8.65. The van der Waals surface area contributed by atoms with E-state index in [1.165, 1.54) is 4.90 Å². The molecule has 1 aliphatic rings. The van der Waals surface area contributed by atoms with Crippen molar-refractivity contribution in [1.29, 1.82) is 0 Å². The van der Waals surface area contributed by atoms with Gasteiger partial charge < -0.3 is 15.1 Å². The van der Waals surface area contributed by atoms with Crippen LogP contribution in [0, 0.1) is 0 Å². The SMILES string of the molecule is O=C(c1ccc2[nH]ncc2c1)N1CC(O)C(O)C1. The van der Waals surface area contributed by atoms with Crippen LogP contribution in [-0.2, 0) is 0 Å². The van der Waals surface area contributed by atoms with Crippen molar-refractivity contribution >= 4 is 16.8 Å². The number of rotatable bonds is 1. The van der Waals surface area contributed by atoms with Gasteiger partial charge in [0.1, 0.15) is 0 Å². The molecule has 18 heavy (non-hydrogen) atoms. The van der Waals surface area contributed by atoms with Gasteiger partial charge in [0, 0.05) is 24.0 Å². The number of aliphatic hydroxyl groups excluding tert-OH is 2. The van der Waals surface area contributed by atoms with Gasteiger partial charge in [-0.05, 0) is 18.2 Å². The van der Waals surface area contributed by atoms with Crippen LogP contribution in [0.2, 0.25) is 0 Å². The van der Waals surface area contributed by atoms with Crippen LogP contribution in [0.25, 0.3) is 10.9 Å². The maximum atomic E-state index is 12.2. The van der Waals surface area contributed by atoms with Gasteiger partial charge in [0.05, 0.1) is 23.9 Å². The maximum Gasteiger partial charge on any atom is 0.254 e. The third kappa shape index (κ3) is 1.75. The molecule has 2 atom stereocenters. The summed E-state index contributed by atoms with van der Waals surface area (Å²) >= 11 is 0. The molecule has 1 aliphatic heterocycles. The number of H-pyrrole nitrogens is 1. The summed E-state index contributed by atoms with van der Waals surface area (Å²) in [5, 5.41) is 26.5. The highest BCUT2D eigenvalue weighted by Crippen LogP contribution is 2.17. The predicted molar refractivity (Wildman–Crippen MR) is 64.0 cm³/mol. The number of amides is 1. The standard InChI is InChI=1S/C12H13N3O3/c16-10-5-15(6-11(10)17)12(18)7-1-2-9-8(3-7)4-13-14-9/h1-4,10-11,16-17H,5-6H2,(H,13,14). The summed E-state index contributed by atoms with van der Waals surface area (Å²) < 4.78 is 0. The first-order valence-electron chi connectivity index (χ1n) is 5.73. The molecule has 2 unspecified atom stereocenters. The molecule has 6 nitrogen and oxygen atoms in total. The van der Waals surface area contributed by atoms with Crippen molar-refractivity contribution in [3.63, 3.8) is 0 Å². The Labute approximate surface area is 103 Å². The molecule has 6 heteroatoms. The van der Waals surface area contributed by atoms with E-state index in [4.69, 9.17) is 0 Å². The van der Waals surface area contributed by atoms with Gasteiger partial charge in [0.25, 0.3) is 5.91 Å². The van der Waals surface area contributed by atoms with E-state index in [1.54, 1.807) is 24.4 Å². The summed E-state index contributed by atoms with van der Waals surface area (Å²) in [6.45, 7) is 0.340. The topological polar surface area (TPSA) is 89.5 Å². The largest absolute Gasteiger partial charge is 0.388 e. The Morgan fingerprint density at radius 2 is 2.06 bits per heavy atom. The normalized spacial score (nSPS) is 23.8. The van der Waals surface area contributed by atoms with Gasteiger partial charge >= 0.3 is 0 Å². The van der Waals surface area contributed by atoms with E-state index in [2.05, 4.69) is 10.2 Å². The molecule has 1 saturated heterocycles. The van der Waals surface area contributed by atoms with E-state index >= 15 is 0 Å². The average Bonchev–Trinajstić information content (AvgIpc) is 2.95. The molecule has 94 valence electrons. The van der Waals surface area contributed by atoms with Crippen LogP contribution >= 0.6 is 0 Å². The summed E-state index contributed by atoms with van der Waals surface area (Å²) in [6.07, 6.45) is -0.0574. The minimum absolute atomic E-state index is 0.170. The van der Waals surface area contributed by atoms with Gasteiger partial charge in [-0.15, -0.1) is 0 Å². The molecule has 0 aliphatic carbocycles. The average molecular weight is 247 g/mol. The van der Waals surface area contributed by atoms with Gasteiger partial charge in [-0.25, -0.2) is 0 Å². The lowest BCUT2D eigenvalue weighted by molar-refractivity contribution is 0.0572. The number of carbonyl (C=O) groups is 1. The van der Waals surface area contributed by atoms with Gasteiger partial charge in [0.2, 0.25) is 0 Å². The Morgan fingerprint density at radius 1 is 1.33 bits per heavy atom. The van der Waals surface area contributed by atoms with Crippen LogP contribution in [0.15, 0.2) is 24.4 Å². The van der Waals surface area contributed by atoms with Gasteiger partial charge in [-0.2, -0.15) is 5.10 Å². The van der Waals surface area contributed by atoms with Gasteiger partial charge in [-0.3, -0.25) is 9.89 Å². The quantitative estimate of drug-likeness (QED) is 0.647. The van der Waals surface area contributed by atoms with Crippen molar-refractivity contribution < 1.29 is 15.0 Å². The molecule has 3 rings (SSSR count). The first kappa shape index (κ1) is 11.2. The highest BCUT2D eigenvalue weighted by Gasteiger charge is 2.32. The van der Waals surface area contributed by atoms with Crippen molar-refractivity contribution in [2.45, 2.75) is 12.2 Å². The van der Waals surface area contributed by atoms with E-state index in [-0.39, 0.29) is 19.0 Å². The number of aromatic amines is 1. The van der Waals surface area contributed by atoms with Crippen molar-refractivity contribution in [1.82, 2.24) is 15.1 Å². The van der Waals surface area contributed by atoms with E-state index in [0.717, 1.165) is 10.9 Å². The Morgan fingerprint density at radius 3 is 2.78 bits per heavy atom. The minimum Gasteiger partial charge on any atom is -0.388 e. The van der Waals surface area contributed by atoms with Crippen LogP contribution < -0.4 is 0 Å². The predicted octanol–water partition coefficient (Wildman–Crippen LogP) is -0.259. The fraction of sp³-hybridized carbons (Fsp3) is 0.333. The zero-order valence-electron chi connectivity index (χ0n) is 9.58. The smallest absolute Gasteiger partial charge is 0.254 e. The summed E-state index contributed by atoms with van der Waals surface area (Å²) in [7, 11) is 0. The van der Waals surface area contributed by atoms with Gasteiger partial charge in [0.15, 0.2) is 0 Å². The molecule has 2 aromatic rings. The molecule has 0 bridgehead atoms. The second-order valence-electron chi connectivity index (χ2n) is 4.52. The Hall–Kier alpha value is -1.92. The molecule has 1 aromatic carbocycles. The van der Waals surface area contributed by atoms with Crippen molar-refractivity contribution in [2.24, 2.45) is 0 Å². The third-order valence-electron chi connectivity index (χ3n) is 3.23. The van der Waals surface area contributed by atoms with Crippen LogP contribution in [0.4, 0.5) is 0 Å². The van der Waals surface area contributed by atoms with E-state index < -0.39 is 12.2 Å². The van der Waals surface area contributed by atoms with E-state index in [9.17, 15) is 15.0 Å². The lowest BCUT2D eigenvalue weighted by Gasteiger charge is -2.15. The molecular weight excluding hydrogens is 234 g/mol. The number of likely N-dealkylation sites (tertiary alicyclic amines) is 1. The number of hydrogen-bond donors (Lipinski definition) is 3. The first-order valence-corrected chi connectivity index (χ1v) is 5.73. The van der Waals surface area contributed by atoms with E-state index in [1.807, 2.05) is 0 Å². The van der Waals surface area contributed by atoms with Gasteiger partial charge in [-0.1, -0.05) is 0 Å². The monoisotopic (exact) mass is 247 g/mol. The Kier molecular flexibility index (Phi) is 2.53. The lowest BCUT2D eigenvalue weighted by Crippen LogP contribution is -2.29. The summed E-state index contributed by atoms with van der Waals surface area (Å²) in [4.78, 5) is 13.6. The third-order valence-corrected chi connectivity index (χ3v) is 3.23. The molecule has 0 spiro atoms. The second-order valence-corrected chi connectivity index (χ2v) is 4.52. The van der Waals surface area contributed by atoms with Crippen molar-refractivity contribution in [3.05, 3.63) is 30.0 Å². The number of nitrogens with one attached hydrogen (secondary N) is 1. The number of nitrogens with zero attached hydrogens (tertiary/aromatic N) is 2. The zero-order valence-corrected chi connectivity index (χ0v) is 9.58. The Balaban J connectivity index is 1.87.